The summed E-state index contributed by atoms with van der Waals surface area (Å²) in [6.07, 6.45) is 0.522. The molecule has 2 aliphatic heterocycles. The van der Waals surface area contributed by atoms with Crippen molar-refractivity contribution in [3.63, 3.8) is 0 Å². The average Bonchev–Trinajstić information content (AvgIpc) is 3.04. The van der Waals surface area contributed by atoms with Gasteiger partial charge in [0.1, 0.15) is 0 Å². The zero-order chi connectivity index (χ0) is 24.2. The van der Waals surface area contributed by atoms with Crippen molar-refractivity contribution >= 4 is 17.8 Å². The summed E-state index contributed by atoms with van der Waals surface area (Å²) in [7, 11) is 0. The van der Waals surface area contributed by atoms with Crippen molar-refractivity contribution in [3.05, 3.63) is 47.8 Å². The van der Waals surface area contributed by atoms with E-state index in [0.717, 1.165) is 43.7 Å². The predicted octanol–water partition coefficient (Wildman–Crippen LogP) is 3.11. The summed E-state index contributed by atoms with van der Waals surface area (Å²) in [5.41, 5.74) is 1.79. The number of carbonyl (C=O) groups is 2. The first-order valence-corrected chi connectivity index (χ1v) is 10.3. The Kier molecular flexibility index (Phi) is 7.13. The highest BCUT2D eigenvalue weighted by Gasteiger charge is 2.47. The lowest BCUT2D eigenvalue weighted by molar-refractivity contribution is -0.192. The number of carboxylic acid groups (broad SMARTS) is 1. The molecule has 0 aromatic carbocycles. The van der Waals surface area contributed by atoms with Crippen LogP contribution < -0.4 is 4.90 Å². The van der Waals surface area contributed by atoms with Gasteiger partial charge in [0.05, 0.1) is 24.6 Å². The van der Waals surface area contributed by atoms with Crippen molar-refractivity contribution in [3.8, 4) is 0 Å². The highest BCUT2D eigenvalue weighted by Crippen LogP contribution is 2.40. The third-order valence-electron chi connectivity index (χ3n) is 5.77. The number of alkyl halides is 3. The molecule has 33 heavy (non-hydrogen) atoms. The Labute approximate surface area is 187 Å². The molecule has 0 radical (unpaired) electrons. The number of aromatic nitrogens is 3. The summed E-state index contributed by atoms with van der Waals surface area (Å²) in [5.74, 6) is -2.43. The third-order valence-corrected chi connectivity index (χ3v) is 5.77. The fourth-order valence-corrected chi connectivity index (χ4v) is 4.09. The zero-order valence-electron chi connectivity index (χ0n) is 17.8. The molecule has 4 heterocycles. The van der Waals surface area contributed by atoms with E-state index in [1.165, 1.54) is 12.4 Å². The van der Waals surface area contributed by atoms with Crippen LogP contribution in [0.25, 0.3) is 0 Å². The lowest BCUT2D eigenvalue weighted by Gasteiger charge is -2.44. The number of hydrogen-bond donors (Lipinski definition) is 1. The van der Waals surface area contributed by atoms with E-state index >= 15 is 0 Å². The van der Waals surface area contributed by atoms with Crippen LogP contribution in [0.1, 0.15) is 37.1 Å². The number of anilines is 1. The minimum atomic E-state index is -5.08. The van der Waals surface area contributed by atoms with Crippen molar-refractivity contribution in [2.45, 2.75) is 50.9 Å². The Bertz CT molecular complexity index is 992. The number of nitrogens with zero attached hydrogens (tertiary/aromatic N) is 5. The molecule has 0 aliphatic carbocycles. The number of rotatable bonds is 3. The van der Waals surface area contributed by atoms with Crippen molar-refractivity contribution in [2.75, 3.05) is 18.0 Å². The summed E-state index contributed by atoms with van der Waals surface area (Å²) in [5, 5.41) is 7.12. The van der Waals surface area contributed by atoms with E-state index in [0.29, 0.717) is 18.9 Å². The normalized spacial score (nSPS) is 17.7. The predicted molar refractivity (Wildman–Crippen MR) is 109 cm³/mol. The molecule has 2 aliphatic rings. The molecule has 0 atom stereocenters. The van der Waals surface area contributed by atoms with E-state index in [2.05, 4.69) is 19.9 Å². The first kappa shape index (κ1) is 24.3. The molecular weight excluding hydrogens is 446 g/mol. The van der Waals surface area contributed by atoms with E-state index < -0.39 is 18.0 Å². The lowest BCUT2D eigenvalue weighted by atomic mass is 9.85. The highest BCUT2D eigenvalue weighted by molar-refractivity contribution is 5.79. The Hall–Kier alpha value is -3.31. The Balaban J connectivity index is 0.000000383. The first-order valence-electron chi connectivity index (χ1n) is 10.3. The number of carboxylic acids is 1. The minimum absolute atomic E-state index is 0.112. The smallest absolute Gasteiger partial charge is 0.475 e. The number of likely N-dealkylation sites (tertiary alicyclic amines) is 1. The Morgan fingerprint density at radius 1 is 1.15 bits per heavy atom. The Morgan fingerprint density at radius 2 is 1.76 bits per heavy atom. The molecule has 1 spiro atoms. The van der Waals surface area contributed by atoms with Crippen molar-refractivity contribution in [1.82, 2.24) is 19.9 Å². The fourth-order valence-electron chi connectivity index (χ4n) is 4.09. The van der Waals surface area contributed by atoms with Gasteiger partial charge in [-0.3, -0.25) is 9.78 Å². The van der Waals surface area contributed by atoms with Crippen LogP contribution in [-0.2, 0) is 16.1 Å². The number of piperidine rings is 1. The molecule has 0 unspecified atom stereocenters. The van der Waals surface area contributed by atoms with Gasteiger partial charge in [-0.1, -0.05) is 6.07 Å². The van der Waals surface area contributed by atoms with Crippen LogP contribution >= 0.6 is 0 Å². The van der Waals surface area contributed by atoms with Gasteiger partial charge in [-0.05, 0) is 38.3 Å². The van der Waals surface area contributed by atoms with Crippen molar-refractivity contribution in [2.24, 2.45) is 0 Å². The molecule has 0 bridgehead atoms. The van der Waals surface area contributed by atoms with Crippen LogP contribution in [0.15, 0.2) is 30.6 Å². The maximum Gasteiger partial charge on any atom is 0.490 e. The van der Waals surface area contributed by atoms with Gasteiger partial charge in [0.15, 0.2) is 5.82 Å². The standard InChI is InChI=1S/C19H22FN5O.C2HF3O2/c1-14-3-2-4-16(23-14)13-25-17(26)5-6-19(25)7-9-24(10-8-19)18-21-11-15(20)12-22-18;3-2(4,5)1(6)7/h2-4,11-12H,5-10,13H2,1H3;(H,6,7). The highest BCUT2D eigenvalue weighted by atomic mass is 19.4. The molecule has 2 fully saturated rings. The molecule has 2 aromatic heterocycles. The monoisotopic (exact) mass is 469 g/mol. The van der Waals surface area contributed by atoms with Crippen LogP contribution in [0.2, 0.25) is 0 Å². The van der Waals surface area contributed by atoms with Crippen LogP contribution in [0.4, 0.5) is 23.5 Å². The topological polar surface area (TPSA) is 99.5 Å². The van der Waals surface area contributed by atoms with Gasteiger partial charge in [0.2, 0.25) is 11.9 Å². The summed E-state index contributed by atoms with van der Waals surface area (Å²) in [6, 6.07) is 5.93. The van der Waals surface area contributed by atoms with E-state index in [4.69, 9.17) is 9.90 Å². The van der Waals surface area contributed by atoms with Crippen LogP contribution in [-0.4, -0.2) is 61.6 Å². The summed E-state index contributed by atoms with van der Waals surface area (Å²) in [6.45, 7) is 4.05. The van der Waals surface area contributed by atoms with Crippen LogP contribution in [0.3, 0.4) is 0 Å². The zero-order valence-corrected chi connectivity index (χ0v) is 17.8. The number of hydrogen-bond acceptors (Lipinski definition) is 6. The number of pyridine rings is 1. The fraction of sp³-hybridized carbons (Fsp3) is 0.476. The van der Waals surface area contributed by atoms with Crippen LogP contribution in [0, 0.1) is 12.7 Å². The molecule has 1 amide bonds. The molecule has 178 valence electrons. The summed E-state index contributed by atoms with van der Waals surface area (Å²) < 4.78 is 44.8. The molecule has 2 saturated heterocycles. The average molecular weight is 469 g/mol. The summed E-state index contributed by atoms with van der Waals surface area (Å²) >= 11 is 0. The van der Waals surface area contributed by atoms with Gasteiger partial charge in [0.25, 0.3) is 0 Å². The largest absolute Gasteiger partial charge is 0.490 e. The van der Waals surface area contributed by atoms with E-state index in [1.807, 2.05) is 30.0 Å². The third kappa shape index (κ3) is 5.93. The number of aryl methyl sites for hydroxylation is 1. The lowest BCUT2D eigenvalue weighted by Crippen LogP contribution is -2.53. The summed E-state index contributed by atoms with van der Waals surface area (Å²) in [4.78, 5) is 38.2. The SMILES string of the molecule is Cc1cccc(CN2C(=O)CCC23CCN(c2ncc(F)cn2)CC3)n1.O=C(O)C(F)(F)F. The van der Waals surface area contributed by atoms with Crippen molar-refractivity contribution in [1.29, 1.82) is 0 Å². The van der Waals surface area contributed by atoms with Gasteiger partial charge in [-0.2, -0.15) is 13.2 Å². The number of amides is 1. The van der Waals surface area contributed by atoms with Crippen LogP contribution in [0.5, 0.6) is 0 Å². The van der Waals surface area contributed by atoms with Crippen molar-refractivity contribution < 1.29 is 32.3 Å². The van der Waals surface area contributed by atoms with E-state index in [-0.39, 0.29) is 11.4 Å². The number of aliphatic carboxylic acids is 1. The van der Waals surface area contributed by atoms with Gasteiger partial charge in [0, 0.05) is 30.7 Å². The molecule has 4 rings (SSSR count). The second-order valence-electron chi connectivity index (χ2n) is 7.97. The molecule has 2 aromatic rings. The molecule has 1 N–H and O–H groups in total. The molecule has 8 nitrogen and oxygen atoms in total. The van der Waals surface area contributed by atoms with Gasteiger partial charge >= 0.3 is 12.1 Å². The minimum Gasteiger partial charge on any atom is -0.475 e. The molecule has 0 saturated carbocycles. The quantitative estimate of drug-likeness (QED) is 0.690. The molecule has 12 heteroatoms. The van der Waals surface area contributed by atoms with E-state index in [9.17, 15) is 22.4 Å². The second kappa shape index (κ2) is 9.67. The second-order valence-corrected chi connectivity index (χ2v) is 7.97. The maximum atomic E-state index is 13.0. The first-order chi connectivity index (χ1) is 15.5. The van der Waals surface area contributed by atoms with E-state index in [1.54, 1.807) is 0 Å². The number of halogens is 4. The maximum absolute atomic E-state index is 13.0. The Morgan fingerprint density at radius 3 is 2.30 bits per heavy atom. The van der Waals surface area contributed by atoms with Gasteiger partial charge < -0.3 is 14.9 Å². The number of carbonyl (C=O) groups excluding carboxylic acids is 1. The van der Waals surface area contributed by atoms with Gasteiger partial charge in [-0.25, -0.2) is 19.2 Å². The molecular formula is C21H23F4N5O3. The van der Waals surface area contributed by atoms with Gasteiger partial charge in [-0.15, -0.1) is 0 Å².